The van der Waals surface area contributed by atoms with Crippen LogP contribution in [0.2, 0.25) is 0 Å². The van der Waals surface area contributed by atoms with Crippen molar-refractivity contribution < 1.29 is 14.3 Å². The first kappa shape index (κ1) is 23.2. The van der Waals surface area contributed by atoms with Gasteiger partial charge >= 0.3 is 0 Å². The van der Waals surface area contributed by atoms with Crippen LogP contribution in [-0.2, 0) is 11.3 Å². The smallest absolute Gasteiger partial charge is 0.283 e. The van der Waals surface area contributed by atoms with Gasteiger partial charge in [-0.1, -0.05) is 13.0 Å². The van der Waals surface area contributed by atoms with E-state index in [0.717, 1.165) is 48.3 Å². The number of methoxy groups -OCH3 is 1. The van der Waals surface area contributed by atoms with E-state index in [9.17, 15) is 4.79 Å². The van der Waals surface area contributed by atoms with Gasteiger partial charge in [-0.15, -0.1) is 5.10 Å². The van der Waals surface area contributed by atoms with Crippen LogP contribution in [0.25, 0.3) is 6.08 Å². The Labute approximate surface area is 208 Å². The number of hydrogen-bond donors (Lipinski definition) is 1. The maximum atomic E-state index is 12.8. The summed E-state index contributed by atoms with van der Waals surface area (Å²) in [6.45, 7) is 5.15. The fraction of sp³-hybridized carbons (Fsp3) is 0.360. The number of nitrogens with one attached hydrogen (secondary N) is 1. The molecule has 0 atom stereocenters. The number of hydrazone groups is 1. The summed E-state index contributed by atoms with van der Waals surface area (Å²) in [7, 11) is 1.62. The lowest BCUT2D eigenvalue weighted by Crippen LogP contribution is -2.36. The highest BCUT2D eigenvalue weighted by Crippen LogP contribution is 2.31. The number of hydrogen-bond acceptors (Lipinski definition) is 7. The third kappa shape index (κ3) is 4.97. The van der Waals surface area contributed by atoms with E-state index in [4.69, 9.17) is 14.9 Å². The van der Waals surface area contributed by atoms with Crippen molar-refractivity contribution in [2.75, 3.05) is 26.8 Å². The van der Waals surface area contributed by atoms with Gasteiger partial charge in [-0.2, -0.15) is 10.0 Å². The van der Waals surface area contributed by atoms with Gasteiger partial charge in [-0.25, -0.2) is 0 Å². The van der Waals surface area contributed by atoms with Gasteiger partial charge in [0, 0.05) is 31.0 Å². The number of piperidine rings is 1. The molecule has 3 aliphatic rings. The Hall–Kier alpha value is -3.53. The Balaban J connectivity index is 1.28. The number of carbonyl (C=O) groups excluding carboxylic acids is 1. The fourth-order valence-corrected chi connectivity index (χ4v) is 5.12. The Morgan fingerprint density at radius 3 is 2.77 bits per heavy atom. The monoisotopic (exact) mass is 492 g/mol. The summed E-state index contributed by atoms with van der Waals surface area (Å²) in [6, 6.07) is 11.3. The van der Waals surface area contributed by atoms with Crippen LogP contribution in [0.4, 0.5) is 0 Å². The maximum absolute atomic E-state index is 12.8. The summed E-state index contributed by atoms with van der Waals surface area (Å²) in [4.78, 5) is 19.3. The number of aliphatic imine (C=N–C) groups is 1. The molecule has 0 aliphatic carbocycles. The van der Waals surface area contributed by atoms with E-state index in [1.165, 1.54) is 16.8 Å². The van der Waals surface area contributed by atoms with Crippen LogP contribution < -0.4 is 9.47 Å². The standard InChI is InChI=1S/C25H28N6O3S/c1-17-8-11-30(12-9-17)25-28-31-22(26)21(23(32)27-24(31)35-25)15-18-5-4-10-29(18)13-14-34-20-7-3-6-19(16-20)33-2/h3-7,10,15-17,26H,8-9,11-14H2,1-2H3/b21-15-,26-22?. The Morgan fingerprint density at radius 1 is 1.17 bits per heavy atom. The molecule has 0 spiro atoms. The van der Waals surface area contributed by atoms with Gasteiger partial charge in [0.1, 0.15) is 18.1 Å². The van der Waals surface area contributed by atoms with E-state index in [2.05, 4.69) is 21.9 Å². The van der Waals surface area contributed by atoms with E-state index in [1.54, 1.807) is 13.2 Å². The van der Waals surface area contributed by atoms with Crippen LogP contribution in [0.3, 0.4) is 0 Å². The molecule has 5 rings (SSSR count). The second-order valence-electron chi connectivity index (χ2n) is 8.73. The minimum absolute atomic E-state index is 0.0493. The largest absolute Gasteiger partial charge is 0.497 e. The number of aromatic nitrogens is 1. The zero-order chi connectivity index (χ0) is 24.4. The molecule has 10 heteroatoms. The molecule has 9 nitrogen and oxygen atoms in total. The van der Waals surface area contributed by atoms with Crippen molar-refractivity contribution in [3.05, 3.63) is 53.9 Å². The summed E-state index contributed by atoms with van der Waals surface area (Å²) in [5.41, 5.74) is 1.02. The van der Waals surface area contributed by atoms with Gasteiger partial charge in [0.2, 0.25) is 5.17 Å². The van der Waals surface area contributed by atoms with E-state index < -0.39 is 5.91 Å². The predicted molar refractivity (Wildman–Crippen MR) is 138 cm³/mol. The number of benzene rings is 1. The predicted octanol–water partition coefficient (Wildman–Crippen LogP) is 3.88. The molecule has 35 heavy (non-hydrogen) atoms. The van der Waals surface area contributed by atoms with Crippen LogP contribution >= 0.6 is 11.8 Å². The van der Waals surface area contributed by atoms with Crippen LogP contribution in [-0.4, -0.2) is 63.4 Å². The summed E-state index contributed by atoms with van der Waals surface area (Å²) >= 11 is 1.37. The van der Waals surface area contributed by atoms with Crippen molar-refractivity contribution >= 4 is 39.9 Å². The topological polar surface area (TPSA) is 95.5 Å². The summed E-state index contributed by atoms with van der Waals surface area (Å²) in [6.07, 6.45) is 5.86. The molecule has 4 heterocycles. The van der Waals surface area contributed by atoms with Crippen molar-refractivity contribution in [2.45, 2.75) is 26.3 Å². The molecule has 2 aromatic rings. The molecular formula is C25H28N6O3S. The van der Waals surface area contributed by atoms with Gasteiger partial charge in [-0.3, -0.25) is 10.2 Å². The molecule has 1 fully saturated rings. The molecule has 0 radical (unpaired) electrons. The summed E-state index contributed by atoms with van der Waals surface area (Å²) < 4.78 is 13.1. The Kier molecular flexibility index (Phi) is 6.63. The zero-order valence-electron chi connectivity index (χ0n) is 19.8. The Morgan fingerprint density at radius 2 is 1.97 bits per heavy atom. The lowest BCUT2D eigenvalue weighted by molar-refractivity contribution is -0.114. The molecule has 1 aromatic carbocycles. The van der Waals surface area contributed by atoms with Crippen LogP contribution in [0.1, 0.15) is 25.5 Å². The maximum Gasteiger partial charge on any atom is 0.283 e. The molecule has 1 aromatic heterocycles. The lowest BCUT2D eigenvalue weighted by Gasteiger charge is -2.30. The molecular weight excluding hydrogens is 464 g/mol. The van der Waals surface area contributed by atoms with Crippen molar-refractivity contribution in [1.82, 2.24) is 14.5 Å². The van der Waals surface area contributed by atoms with Crippen molar-refractivity contribution in [3.63, 3.8) is 0 Å². The summed E-state index contributed by atoms with van der Waals surface area (Å²) in [5.74, 6) is 1.81. The number of rotatable bonds is 6. The van der Waals surface area contributed by atoms with Crippen molar-refractivity contribution in [1.29, 1.82) is 5.41 Å². The van der Waals surface area contributed by atoms with Crippen LogP contribution in [0.5, 0.6) is 11.5 Å². The SMILES string of the molecule is COc1cccc(OCCn2cccc2/C=C2/C(=N)N3N=C(N4CCC(C)CC4)SC3=NC2=O)c1. The number of nitrogens with zero attached hydrogens (tertiary/aromatic N) is 5. The summed E-state index contributed by atoms with van der Waals surface area (Å²) in [5, 5.41) is 16.0. The average Bonchev–Trinajstić information content (AvgIpc) is 3.49. The Bertz CT molecular complexity index is 1230. The van der Waals surface area contributed by atoms with E-state index in [1.807, 2.05) is 47.2 Å². The number of carbonyl (C=O) groups is 1. The molecule has 182 valence electrons. The number of thioether (sulfide) groups is 1. The normalized spacial score (nSPS) is 19.7. The third-order valence-corrected chi connectivity index (χ3v) is 7.27. The van der Waals surface area contributed by atoms with E-state index >= 15 is 0 Å². The first-order chi connectivity index (χ1) is 17.0. The first-order valence-electron chi connectivity index (χ1n) is 11.7. The van der Waals surface area contributed by atoms with Crippen LogP contribution in [0, 0.1) is 11.3 Å². The van der Waals surface area contributed by atoms with Gasteiger partial charge in [0.05, 0.1) is 19.2 Å². The number of amidine groups is 3. The van der Waals surface area contributed by atoms with Gasteiger partial charge in [0.25, 0.3) is 5.91 Å². The number of ether oxygens (including phenoxy) is 2. The molecule has 3 aliphatic heterocycles. The molecule has 1 N–H and O–H groups in total. The first-order valence-corrected chi connectivity index (χ1v) is 12.5. The fourth-order valence-electron chi connectivity index (χ4n) is 4.17. The minimum atomic E-state index is -0.419. The minimum Gasteiger partial charge on any atom is -0.497 e. The number of amides is 1. The highest BCUT2D eigenvalue weighted by molar-refractivity contribution is 8.26. The van der Waals surface area contributed by atoms with Crippen LogP contribution in [0.15, 0.2) is 58.3 Å². The van der Waals surface area contributed by atoms with Gasteiger partial charge in [0.15, 0.2) is 11.0 Å². The van der Waals surface area contributed by atoms with Crippen molar-refractivity contribution in [2.24, 2.45) is 16.0 Å². The quantitative estimate of drug-likeness (QED) is 0.615. The van der Waals surface area contributed by atoms with E-state index in [-0.39, 0.29) is 11.4 Å². The van der Waals surface area contributed by atoms with Gasteiger partial charge in [-0.05, 0) is 60.9 Å². The zero-order valence-corrected chi connectivity index (χ0v) is 20.6. The second-order valence-corrected chi connectivity index (χ2v) is 9.66. The molecule has 0 unspecified atom stereocenters. The molecule has 0 bridgehead atoms. The molecule has 1 saturated heterocycles. The third-order valence-electron chi connectivity index (χ3n) is 6.30. The lowest BCUT2D eigenvalue weighted by atomic mass is 10.00. The molecule has 0 saturated carbocycles. The van der Waals surface area contributed by atoms with Gasteiger partial charge < -0.3 is 18.9 Å². The molecule has 1 amide bonds. The number of likely N-dealkylation sites (tertiary alicyclic amines) is 1. The highest BCUT2D eigenvalue weighted by atomic mass is 32.2. The highest BCUT2D eigenvalue weighted by Gasteiger charge is 2.37. The average molecular weight is 493 g/mol. The van der Waals surface area contributed by atoms with E-state index in [0.29, 0.717) is 24.2 Å². The second kappa shape index (κ2) is 9.99. The number of fused-ring (bicyclic) bond motifs is 1. The van der Waals surface area contributed by atoms with Crippen molar-refractivity contribution in [3.8, 4) is 11.5 Å².